The molecule has 3 heteroatoms. The first-order chi connectivity index (χ1) is 11.9. The van der Waals surface area contributed by atoms with Crippen molar-refractivity contribution in [3.8, 4) is 0 Å². The van der Waals surface area contributed by atoms with Crippen LogP contribution in [0.1, 0.15) is 44.1 Å². The third-order valence-corrected chi connectivity index (χ3v) is 5.69. The molecule has 0 bridgehead atoms. The van der Waals surface area contributed by atoms with Crippen molar-refractivity contribution in [2.45, 2.75) is 51.0 Å². The number of nitrogens with zero attached hydrogens (tertiary/aromatic N) is 2. The minimum atomic E-state index is 0.749. The van der Waals surface area contributed by atoms with Crippen LogP contribution in [0.4, 0.5) is 0 Å². The standard InChI is InChI=1S/C21H35N3/c1-3-9-20(10-4-1)11-8-16-24(21-12-7-13-22-19-21)18-17-23-14-5-2-6-15-23/h1,3-4,9-10,21-22H,2,5-8,11-19H2. The molecule has 1 N–H and O–H groups in total. The predicted molar refractivity (Wildman–Crippen MR) is 103 cm³/mol. The maximum Gasteiger partial charge on any atom is 0.0221 e. The molecule has 2 aliphatic heterocycles. The molecule has 3 rings (SSSR count). The smallest absolute Gasteiger partial charge is 0.0221 e. The lowest BCUT2D eigenvalue weighted by Gasteiger charge is -2.37. The van der Waals surface area contributed by atoms with E-state index in [1.165, 1.54) is 96.3 Å². The summed E-state index contributed by atoms with van der Waals surface area (Å²) in [5, 5.41) is 3.61. The zero-order valence-electron chi connectivity index (χ0n) is 15.3. The van der Waals surface area contributed by atoms with Crippen molar-refractivity contribution < 1.29 is 0 Å². The second-order valence-electron chi connectivity index (χ2n) is 7.53. The van der Waals surface area contributed by atoms with E-state index in [-0.39, 0.29) is 0 Å². The van der Waals surface area contributed by atoms with E-state index in [0.717, 1.165) is 6.04 Å². The van der Waals surface area contributed by atoms with E-state index in [1.54, 1.807) is 0 Å². The first-order valence-corrected chi connectivity index (χ1v) is 10.1. The van der Waals surface area contributed by atoms with Gasteiger partial charge in [-0.2, -0.15) is 0 Å². The van der Waals surface area contributed by atoms with Gasteiger partial charge in [-0.15, -0.1) is 0 Å². The van der Waals surface area contributed by atoms with Gasteiger partial charge < -0.3 is 10.2 Å². The fourth-order valence-electron chi connectivity index (χ4n) is 4.21. The number of hydrogen-bond acceptors (Lipinski definition) is 3. The summed E-state index contributed by atoms with van der Waals surface area (Å²) in [5.41, 5.74) is 1.48. The highest BCUT2D eigenvalue weighted by Gasteiger charge is 2.21. The van der Waals surface area contributed by atoms with Crippen LogP contribution in [-0.4, -0.2) is 61.7 Å². The molecule has 2 saturated heterocycles. The Morgan fingerprint density at radius 2 is 1.83 bits per heavy atom. The molecule has 0 amide bonds. The number of hydrogen-bond donors (Lipinski definition) is 1. The van der Waals surface area contributed by atoms with E-state index in [1.807, 2.05) is 0 Å². The molecule has 0 radical (unpaired) electrons. The van der Waals surface area contributed by atoms with Gasteiger partial charge in [-0.05, 0) is 70.3 Å². The molecule has 1 atom stereocenters. The summed E-state index contributed by atoms with van der Waals surface area (Å²) >= 11 is 0. The summed E-state index contributed by atoms with van der Waals surface area (Å²) in [7, 11) is 0. The quantitative estimate of drug-likeness (QED) is 0.790. The maximum absolute atomic E-state index is 3.61. The normalized spacial score (nSPS) is 22.8. The molecule has 0 aliphatic carbocycles. The van der Waals surface area contributed by atoms with Crippen molar-refractivity contribution in [1.82, 2.24) is 15.1 Å². The molecule has 0 aromatic heterocycles. The minimum Gasteiger partial charge on any atom is -0.315 e. The molecule has 0 spiro atoms. The zero-order chi connectivity index (χ0) is 16.5. The van der Waals surface area contributed by atoms with Crippen LogP contribution in [0.15, 0.2) is 30.3 Å². The van der Waals surface area contributed by atoms with Crippen molar-refractivity contribution in [3.63, 3.8) is 0 Å². The summed E-state index contributed by atoms with van der Waals surface area (Å²) in [6.45, 7) is 8.80. The van der Waals surface area contributed by atoms with E-state index < -0.39 is 0 Å². The molecular weight excluding hydrogens is 294 g/mol. The number of aryl methyl sites for hydroxylation is 1. The Balaban J connectivity index is 1.46. The van der Waals surface area contributed by atoms with Crippen LogP contribution in [0.5, 0.6) is 0 Å². The number of likely N-dealkylation sites (tertiary alicyclic amines) is 1. The van der Waals surface area contributed by atoms with Gasteiger partial charge in [0.25, 0.3) is 0 Å². The molecule has 1 unspecified atom stereocenters. The van der Waals surface area contributed by atoms with Crippen LogP contribution in [0.2, 0.25) is 0 Å². The van der Waals surface area contributed by atoms with Gasteiger partial charge in [-0.1, -0.05) is 36.8 Å². The highest BCUT2D eigenvalue weighted by molar-refractivity contribution is 5.14. The summed E-state index contributed by atoms with van der Waals surface area (Å²) in [6.07, 6.45) is 9.44. The molecule has 2 fully saturated rings. The molecular formula is C21H35N3. The third kappa shape index (κ3) is 5.87. The molecule has 3 nitrogen and oxygen atoms in total. The lowest BCUT2D eigenvalue weighted by molar-refractivity contribution is 0.130. The van der Waals surface area contributed by atoms with Gasteiger partial charge >= 0.3 is 0 Å². The van der Waals surface area contributed by atoms with E-state index in [9.17, 15) is 0 Å². The Morgan fingerprint density at radius 1 is 1.00 bits per heavy atom. The van der Waals surface area contributed by atoms with E-state index in [2.05, 4.69) is 45.4 Å². The van der Waals surface area contributed by atoms with Gasteiger partial charge in [0.1, 0.15) is 0 Å². The monoisotopic (exact) mass is 329 g/mol. The van der Waals surface area contributed by atoms with Gasteiger partial charge in [-0.25, -0.2) is 0 Å². The van der Waals surface area contributed by atoms with Gasteiger partial charge in [0, 0.05) is 25.7 Å². The van der Waals surface area contributed by atoms with Gasteiger partial charge in [0.2, 0.25) is 0 Å². The van der Waals surface area contributed by atoms with Crippen molar-refractivity contribution >= 4 is 0 Å². The summed E-state index contributed by atoms with van der Waals surface area (Å²) in [5.74, 6) is 0. The van der Waals surface area contributed by atoms with Gasteiger partial charge in [0.05, 0.1) is 0 Å². The Hall–Kier alpha value is -0.900. The van der Waals surface area contributed by atoms with Crippen molar-refractivity contribution in [2.75, 3.05) is 45.8 Å². The van der Waals surface area contributed by atoms with E-state index >= 15 is 0 Å². The molecule has 134 valence electrons. The first-order valence-electron chi connectivity index (χ1n) is 10.1. The first kappa shape index (κ1) is 17.9. The van der Waals surface area contributed by atoms with Crippen molar-refractivity contribution in [3.05, 3.63) is 35.9 Å². The average molecular weight is 330 g/mol. The van der Waals surface area contributed by atoms with E-state index in [4.69, 9.17) is 0 Å². The molecule has 1 aromatic carbocycles. The number of nitrogens with one attached hydrogen (secondary N) is 1. The molecule has 1 aromatic rings. The van der Waals surface area contributed by atoms with Crippen LogP contribution >= 0.6 is 0 Å². The second kappa shape index (κ2) is 10.2. The Kier molecular flexibility index (Phi) is 7.59. The maximum atomic E-state index is 3.61. The van der Waals surface area contributed by atoms with Crippen molar-refractivity contribution in [1.29, 1.82) is 0 Å². The summed E-state index contributed by atoms with van der Waals surface area (Å²) in [6, 6.07) is 11.7. The highest BCUT2D eigenvalue weighted by Crippen LogP contribution is 2.14. The number of piperidine rings is 2. The fraction of sp³-hybridized carbons (Fsp3) is 0.714. The van der Waals surface area contributed by atoms with E-state index in [0.29, 0.717) is 0 Å². The second-order valence-corrected chi connectivity index (χ2v) is 7.53. The Labute approximate surface area is 148 Å². The number of benzene rings is 1. The summed E-state index contributed by atoms with van der Waals surface area (Å²) in [4.78, 5) is 5.47. The fourth-order valence-corrected chi connectivity index (χ4v) is 4.21. The SMILES string of the molecule is c1ccc(CCCN(CCN2CCCCC2)C2CCCNC2)cc1. The van der Waals surface area contributed by atoms with Crippen molar-refractivity contribution in [2.24, 2.45) is 0 Å². The van der Waals surface area contributed by atoms with Crippen LogP contribution in [0.25, 0.3) is 0 Å². The van der Waals surface area contributed by atoms with Crippen LogP contribution < -0.4 is 5.32 Å². The Morgan fingerprint density at radius 3 is 2.58 bits per heavy atom. The molecule has 24 heavy (non-hydrogen) atoms. The van der Waals surface area contributed by atoms with Gasteiger partial charge in [-0.3, -0.25) is 4.90 Å². The van der Waals surface area contributed by atoms with Crippen LogP contribution in [0.3, 0.4) is 0 Å². The average Bonchev–Trinajstić information content (AvgIpc) is 2.67. The molecule has 0 saturated carbocycles. The van der Waals surface area contributed by atoms with Crippen LogP contribution in [0, 0.1) is 0 Å². The lowest BCUT2D eigenvalue weighted by atomic mass is 10.0. The van der Waals surface area contributed by atoms with Gasteiger partial charge in [0.15, 0.2) is 0 Å². The highest BCUT2D eigenvalue weighted by atomic mass is 15.2. The van der Waals surface area contributed by atoms with Crippen LogP contribution in [-0.2, 0) is 6.42 Å². The summed E-state index contributed by atoms with van der Waals surface area (Å²) < 4.78 is 0. The predicted octanol–water partition coefficient (Wildman–Crippen LogP) is 3.16. The minimum absolute atomic E-state index is 0.749. The zero-order valence-corrected chi connectivity index (χ0v) is 15.3. The Bertz CT molecular complexity index is 436. The molecule has 2 heterocycles. The topological polar surface area (TPSA) is 18.5 Å². The molecule has 2 aliphatic rings. The number of rotatable bonds is 8. The lowest BCUT2D eigenvalue weighted by Crippen LogP contribution is -2.49. The largest absolute Gasteiger partial charge is 0.315 e. The third-order valence-electron chi connectivity index (χ3n) is 5.69.